The fraction of sp³-hybridized carbons (Fsp3) is 0.875. The van der Waals surface area contributed by atoms with Crippen LogP contribution in [0.1, 0.15) is 13.8 Å². The van der Waals surface area contributed by atoms with E-state index in [0.717, 1.165) is 5.88 Å². The van der Waals surface area contributed by atoms with Crippen LogP contribution in [0, 0.1) is 0 Å². The summed E-state index contributed by atoms with van der Waals surface area (Å²) in [6, 6.07) is -0.000313. The second kappa shape index (κ2) is 6.46. The predicted molar refractivity (Wildman–Crippen MR) is 55.8 cm³/mol. The Balaban J connectivity index is 3.48. The summed E-state index contributed by atoms with van der Waals surface area (Å²) in [6.07, 6.45) is -0.360. The van der Waals surface area contributed by atoms with E-state index in [-0.39, 0.29) is 12.1 Å². The van der Waals surface area contributed by atoms with Crippen LogP contribution in [0.3, 0.4) is 0 Å². The molecule has 0 amide bonds. The van der Waals surface area contributed by atoms with Crippen molar-refractivity contribution >= 4 is 17.3 Å². The minimum absolute atomic E-state index is 0.000313. The first-order valence-corrected chi connectivity index (χ1v) is 5.05. The third-order valence-electron chi connectivity index (χ3n) is 1.40. The molecule has 1 unspecified atom stereocenters. The highest BCUT2D eigenvalue weighted by Crippen LogP contribution is 2.00. The molecule has 0 aliphatic heterocycles. The number of aliphatic hydroxyl groups is 1. The summed E-state index contributed by atoms with van der Waals surface area (Å²) in [5, 5.41) is 9.10. The van der Waals surface area contributed by atoms with Crippen molar-refractivity contribution in [3.8, 4) is 0 Å². The largest absolute Gasteiger partial charge is 0.391 e. The number of rotatable bonds is 5. The van der Waals surface area contributed by atoms with Crippen molar-refractivity contribution in [1.29, 1.82) is 0 Å². The van der Waals surface area contributed by atoms with Gasteiger partial charge in [-0.25, -0.2) is 0 Å². The molecule has 0 spiro atoms. The molecule has 0 radical (unpaired) electrons. The van der Waals surface area contributed by atoms with E-state index in [0.29, 0.717) is 0 Å². The van der Waals surface area contributed by atoms with Crippen LogP contribution < -0.4 is 0 Å². The SMILES string of the molecule is CC(N=CSCN(C)C)[C@H](C)O. The Hall–Kier alpha value is -0.0600. The smallest absolute Gasteiger partial charge is 0.0733 e. The summed E-state index contributed by atoms with van der Waals surface area (Å²) < 4.78 is 0. The number of hydrogen-bond acceptors (Lipinski definition) is 4. The maximum absolute atomic E-state index is 9.10. The lowest BCUT2D eigenvalue weighted by Gasteiger charge is -2.09. The zero-order valence-electron chi connectivity index (χ0n) is 8.19. The highest BCUT2D eigenvalue weighted by atomic mass is 32.2. The summed E-state index contributed by atoms with van der Waals surface area (Å²) in [6.45, 7) is 3.65. The van der Waals surface area contributed by atoms with Crippen molar-refractivity contribution in [2.75, 3.05) is 20.0 Å². The summed E-state index contributed by atoms with van der Waals surface area (Å²) >= 11 is 1.63. The molecule has 2 atom stereocenters. The van der Waals surface area contributed by atoms with Crippen molar-refractivity contribution in [2.24, 2.45) is 4.99 Å². The Bertz CT molecular complexity index is 137. The second-order valence-corrected chi connectivity index (χ2v) is 3.91. The van der Waals surface area contributed by atoms with Crippen molar-refractivity contribution in [3.05, 3.63) is 0 Å². The van der Waals surface area contributed by atoms with E-state index in [4.69, 9.17) is 5.11 Å². The maximum Gasteiger partial charge on any atom is 0.0733 e. The zero-order valence-corrected chi connectivity index (χ0v) is 9.01. The number of aliphatic imine (C=N–C) groups is 1. The van der Waals surface area contributed by atoms with Crippen LogP contribution >= 0.6 is 11.8 Å². The lowest BCUT2D eigenvalue weighted by Crippen LogP contribution is -2.16. The molecule has 1 N–H and O–H groups in total. The summed E-state index contributed by atoms with van der Waals surface area (Å²) in [5.74, 6) is 0.927. The van der Waals surface area contributed by atoms with E-state index in [1.807, 2.05) is 21.0 Å². The zero-order chi connectivity index (χ0) is 9.56. The van der Waals surface area contributed by atoms with Crippen LogP contribution in [0.2, 0.25) is 0 Å². The Labute approximate surface area is 78.9 Å². The minimum Gasteiger partial charge on any atom is -0.391 e. The van der Waals surface area contributed by atoms with Crippen LogP contribution in [0.4, 0.5) is 0 Å². The molecule has 0 heterocycles. The first-order chi connectivity index (χ1) is 5.54. The first-order valence-electron chi connectivity index (χ1n) is 4.00. The van der Waals surface area contributed by atoms with E-state index in [9.17, 15) is 0 Å². The molecule has 0 aromatic heterocycles. The van der Waals surface area contributed by atoms with Crippen LogP contribution in [0.5, 0.6) is 0 Å². The van der Waals surface area contributed by atoms with Gasteiger partial charge in [0.1, 0.15) is 0 Å². The molecule has 0 rings (SSSR count). The molecule has 0 aromatic rings. The first kappa shape index (κ1) is 11.9. The lowest BCUT2D eigenvalue weighted by molar-refractivity contribution is 0.171. The highest BCUT2D eigenvalue weighted by molar-refractivity contribution is 8.12. The van der Waals surface area contributed by atoms with E-state index in [1.165, 1.54) is 0 Å². The van der Waals surface area contributed by atoms with Gasteiger partial charge >= 0.3 is 0 Å². The Morgan fingerprint density at radius 2 is 2.08 bits per heavy atom. The molecule has 12 heavy (non-hydrogen) atoms. The maximum atomic E-state index is 9.10. The molecule has 72 valence electrons. The molecule has 3 nitrogen and oxygen atoms in total. The lowest BCUT2D eigenvalue weighted by atomic mass is 10.2. The van der Waals surface area contributed by atoms with Crippen molar-refractivity contribution in [3.63, 3.8) is 0 Å². The molecule has 0 aliphatic carbocycles. The fourth-order valence-electron chi connectivity index (χ4n) is 0.446. The van der Waals surface area contributed by atoms with Gasteiger partial charge in [-0.3, -0.25) is 9.89 Å². The van der Waals surface area contributed by atoms with Crippen molar-refractivity contribution in [1.82, 2.24) is 4.90 Å². The van der Waals surface area contributed by atoms with E-state index < -0.39 is 0 Å². The molecule has 0 bridgehead atoms. The average Bonchev–Trinajstić information content (AvgIpc) is 1.97. The molecule has 0 fully saturated rings. The Morgan fingerprint density at radius 1 is 1.50 bits per heavy atom. The summed E-state index contributed by atoms with van der Waals surface area (Å²) in [7, 11) is 4.03. The molecule has 0 saturated carbocycles. The van der Waals surface area contributed by atoms with E-state index in [1.54, 1.807) is 24.2 Å². The average molecular weight is 190 g/mol. The van der Waals surface area contributed by atoms with Gasteiger partial charge in [0.2, 0.25) is 0 Å². The quantitative estimate of drug-likeness (QED) is 0.400. The molecular weight excluding hydrogens is 172 g/mol. The second-order valence-electron chi connectivity index (χ2n) is 3.11. The number of thioether (sulfide) groups is 1. The topological polar surface area (TPSA) is 35.8 Å². The van der Waals surface area contributed by atoms with Gasteiger partial charge in [-0.05, 0) is 27.9 Å². The van der Waals surface area contributed by atoms with E-state index >= 15 is 0 Å². The van der Waals surface area contributed by atoms with Crippen LogP contribution in [-0.2, 0) is 0 Å². The standard InChI is InChI=1S/C8H18N2OS/c1-7(8(2)11)9-5-12-6-10(3)4/h5,7-8,11H,6H2,1-4H3/t7?,8-/m0/s1. The molecule has 0 aliphatic rings. The van der Waals surface area contributed by atoms with Crippen molar-refractivity contribution in [2.45, 2.75) is 26.0 Å². The van der Waals surface area contributed by atoms with Gasteiger partial charge in [-0.1, -0.05) is 11.8 Å². The normalized spacial score (nSPS) is 17.2. The number of aliphatic hydroxyl groups excluding tert-OH is 1. The Morgan fingerprint density at radius 3 is 2.50 bits per heavy atom. The molecule has 0 saturated heterocycles. The van der Waals surface area contributed by atoms with E-state index in [2.05, 4.69) is 9.89 Å². The van der Waals surface area contributed by atoms with Gasteiger partial charge in [0.25, 0.3) is 0 Å². The highest BCUT2D eigenvalue weighted by Gasteiger charge is 2.03. The minimum atomic E-state index is -0.360. The van der Waals surface area contributed by atoms with Gasteiger partial charge in [0.15, 0.2) is 0 Å². The number of hydrogen-bond donors (Lipinski definition) is 1. The summed E-state index contributed by atoms with van der Waals surface area (Å²) in [4.78, 5) is 6.23. The van der Waals surface area contributed by atoms with Crippen molar-refractivity contribution < 1.29 is 5.11 Å². The molecule has 4 heteroatoms. The fourth-order valence-corrected chi connectivity index (χ4v) is 1.09. The summed E-state index contributed by atoms with van der Waals surface area (Å²) in [5.41, 5.74) is 1.80. The van der Waals surface area contributed by atoms with Gasteiger partial charge < -0.3 is 5.11 Å². The monoisotopic (exact) mass is 190 g/mol. The van der Waals surface area contributed by atoms with Gasteiger partial charge in [0.05, 0.1) is 17.7 Å². The number of nitrogens with zero attached hydrogens (tertiary/aromatic N) is 2. The molecule has 0 aromatic carbocycles. The third kappa shape index (κ3) is 6.64. The van der Waals surface area contributed by atoms with Crippen LogP contribution in [-0.4, -0.2) is 47.7 Å². The van der Waals surface area contributed by atoms with Crippen LogP contribution in [0.15, 0.2) is 4.99 Å². The van der Waals surface area contributed by atoms with Crippen LogP contribution in [0.25, 0.3) is 0 Å². The predicted octanol–water partition coefficient (Wildman–Crippen LogP) is 1.04. The van der Waals surface area contributed by atoms with Gasteiger partial charge in [-0.15, -0.1) is 0 Å². The Kier molecular flexibility index (Phi) is 6.42. The third-order valence-corrected chi connectivity index (χ3v) is 2.34. The van der Waals surface area contributed by atoms with Gasteiger partial charge in [-0.2, -0.15) is 0 Å². The molecular formula is C8H18N2OS. The van der Waals surface area contributed by atoms with Gasteiger partial charge in [0, 0.05) is 5.88 Å².